The van der Waals surface area contributed by atoms with E-state index in [1.807, 2.05) is 0 Å². The highest BCUT2D eigenvalue weighted by Crippen LogP contribution is 2.46. The van der Waals surface area contributed by atoms with Crippen LogP contribution >= 0.6 is 0 Å². The first kappa shape index (κ1) is 51.0. The molecule has 0 saturated heterocycles. The van der Waals surface area contributed by atoms with Gasteiger partial charge in [0.15, 0.2) is 0 Å². The molecular formula is C40H26N6O20S6. The molecule has 0 aliphatic heterocycles. The number of rotatable bonds is 12. The van der Waals surface area contributed by atoms with Gasteiger partial charge >= 0.3 is 0 Å². The maximum Gasteiger partial charge on any atom is 0.298 e. The molecule has 8 aromatic rings. The van der Waals surface area contributed by atoms with Gasteiger partial charge in [-0.2, -0.15) is 50.5 Å². The van der Waals surface area contributed by atoms with E-state index in [-0.39, 0.29) is 60.8 Å². The maximum atomic E-state index is 12.3. The van der Waals surface area contributed by atoms with Crippen LogP contribution in [0.15, 0.2) is 169 Å². The SMILES string of the molecule is O=S(=O)(O)c1ccc2c(N=Nc3ccc(N=Nc4ccc(N=Nc5cc(S(=O)(=O)O)c(O)c6ccc(S(=O)(=O)O)c(O)c56)c5cc(S(=O)(=O)O)ccc45)c4cc(S(=O)(=O)O)ccc34)cc(S(=O)(=O)O)cc2c1. The van der Waals surface area contributed by atoms with E-state index in [4.69, 9.17) is 0 Å². The van der Waals surface area contributed by atoms with Gasteiger partial charge in [0.05, 0.1) is 59.1 Å². The molecule has 72 heavy (non-hydrogen) atoms. The van der Waals surface area contributed by atoms with Gasteiger partial charge in [0.2, 0.25) is 0 Å². The maximum absolute atomic E-state index is 12.3. The molecule has 8 aromatic carbocycles. The number of azo groups is 3. The summed E-state index contributed by atoms with van der Waals surface area (Å²) in [6, 6.07) is 17.9. The summed E-state index contributed by atoms with van der Waals surface area (Å²) in [4.78, 5) is -4.97. The Hall–Kier alpha value is -7.34. The van der Waals surface area contributed by atoms with Crippen LogP contribution in [-0.2, 0) is 60.7 Å². The first-order chi connectivity index (χ1) is 33.3. The predicted octanol–water partition coefficient (Wildman–Crippen LogP) is 8.44. The second-order valence-corrected chi connectivity index (χ2v) is 23.4. The lowest BCUT2D eigenvalue weighted by atomic mass is 10.1. The molecule has 0 aromatic heterocycles. The summed E-state index contributed by atoms with van der Waals surface area (Å²) in [7, 11) is -29.9. The molecule has 372 valence electrons. The van der Waals surface area contributed by atoms with Gasteiger partial charge in [-0.25, -0.2) is 0 Å². The van der Waals surface area contributed by atoms with Crippen LogP contribution in [0.25, 0.3) is 43.1 Å². The van der Waals surface area contributed by atoms with Crippen LogP contribution in [0, 0.1) is 0 Å². The van der Waals surface area contributed by atoms with E-state index in [0.717, 1.165) is 66.7 Å². The van der Waals surface area contributed by atoms with Gasteiger partial charge in [0, 0.05) is 32.3 Å². The van der Waals surface area contributed by atoms with Crippen molar-refractivity contribution >= 4 is 138 Å². The van der Waals surface area contributed by atoms with Gasteiger partial charge in [0.25, 0.3) is 60.7 Å². The van der Waals surface area contributed by atoms with E-state index in [9.17, 15) is 88.0 Å². The van der Waals surface area contributed by atoms with Crippen molar-refractivity contribution in [3.63, 3.8) is 0 Å². The Kier molecular flexibility index (Phi) is 12.6. The van der Waals surface area contributed by atoms with Crippen molar-refractivity contribution in [2.24, 2.45) is 30.7 Å². The summed E-state index contributed by atoms with van der Waals surface area (Å²) < 4.78 is 204. The number of fused-ring (bicyclic) bond motifs is 4. The lowest BCUT2D eigenvalue weighted by Crippen LogP contribution is -2.01. The number of hydrogen-bond donors (Lipinski definition) is 8. The quantitative estimate of drug-likeness (QED) is 0.0420. The molecule has 0 radical (unpaired) electrons. The fraction of sp³-hybridized carbons (Fsp3) is 0. The highest BCUT2D eigenvalue weighted by Gasteiger charge is 2.27. The zero-order valence-corrected chi connectivity index (χ0v) is 39.9. The van der Waals surface area contributed by atoms with Crippen molar-refractivity contribution in [1.82, 2.24) is 0 Å². The van der Waals surface area contributed by atoms with E-state index >= 15 is 0 Å². The van der Waals surface area contributed by atoms with E-state index in [0.29, 0.717) is 12.1 Å². The number of hydrogen-bond acceptors (Lipinski definition) is 20. The summed E-state index contributed by atoms with van der Waals surface area (Å²) in [6.45, 7) is 0. The van der Waals surface area contributed by atoms with Gasteiger partial charge in [0.1, 0.15) is 21.3 Å². The van der Waals surface area contributed by atoms with Crippen LogP contribution in [0.5, 0.6) is 11.5 Å². The zero-order valence-electron chi connectivity index (χ0n) is 35.0. The Labute approximate surface area is 404 Å². The average Bonchev–Trinajstić information content (AvgIpc) is 3.27. The molecule has 8 rings (SSSR count). The molecule has 0 unspecified atom stereocenters. The first-order valence-electron chi connectivity index (χ1n) is 19.1. The zero-order chi connectivity index (χ0) is 52.7. The van der Waals surface area contributed by atoms with Gasteiger partial charge in [-0.3, -0.25) is 27.3 Å². The number of nitrogens with zero attached hydrogens (tertiary/aromatic N) is 6. The number of phenolic OH excluding ortho intramolecular Hbond substituents is 2. The number of phenols is 2. The highest BCUT2D eigenvalue weighted by molar-refractivity contribution is 7.87. The summed E-state index contributed by atoms with van der Waals surface area (Å²) in [5, 5.41) is 44.8. The molecule has 8 N–H and O–H groups in total. The molecule has 32 heteroatoms. The Morgan fingerprint density at radius 1 is 0.278 bits per heavy atom. The van der Waals surface area contributed by atoms with Gasteiger partial charge in [-0.15, -0.1) is 30.7 Å². The Morgan fingerprint density at radius 2 is 0.639 bits per heavy atom. The number of aromatic hydroxyl groups is 2. The van der Waals surface area contributed by atoms with E-state index < -0.39 is 118 Å². The van der Waals surface area contributed by atoms with Crippen LogP contribution in [0.1, 0.15) is 0 Å². The largest absolute Gasteiger partial charge is 0.506 e. The summed E-state index contributed by atoms with van der Waals surface area (Å²) in [5.41, 5.74) is -1.50. The molecule has 0 aliphatic rings. The smallest absolute Gasteiger partial charge is 0.298 e. The van der Waals surface area contributed by atoms with E-state index in [1.165, 1.54) is 30.3 Å². The second-order valence-electron chi connectivity index (χ2n) is 15.0. The third kappa shape index (κ3) is 10.1. The highest BCUT2D eigenvalue weighted by atomic mass is 32.2. The molecule has 0 aliphatic carbocycles. The Bertz CT molecular complexity index is 4530. The van der Waals surface area contributed by atoms with Gasteiger partial charge in [-0.05, 0) is 96.4 Å². The molecule has 0 atom stereocenters. The van der Waals surface area contributed by atoms with Crippen LogP contribution in [0.2, 0.25) is 0 Å². The average molecular weight is 1100 g/mol. The Balaban J connectivity index is 1.27. The van der Waals surface area contributed by atoms with Crippen molar-refractivity contribution in [3.05, 3.63) is 109 Å². The monoisotopic (exact) mass is 1100 g/mol. The van der Waals surface area contributed by atoms with Crippen molar-refractivity contribution < 1.29 is 88.0 Å². The lowest BCUT2D eigenvalue weighted by molar-refractivity contribution is 0.441. The number of benzene rings is 8. The molecule has 0 spiro atoms. The second kappa shape index (κ2) is 17.8. The van der Waals surface area contributed by atoms with Crippen LogP contribution in [0.4, 0.5) is 34.1 Å². The summed E-state index contributed by atoms with van der Waals surface area (Å²) in [5.74, 6) is -2.40. The fourth-order valence-corrected chi connectivity index (χ4v) is 10.5. The van der Waals surface area contributed by atoms with E-state index in [1.54, 1.807) is 0 Å². The molecule has 26 nitrogen and oxygen atoms in total. The molecular weight excluding hydrogens is 1080 g/mol. The Morgan fingerprint density at radius 3 is 1.07 bits per heavy atom. The summed E-state index contributed by atoms with van der Waals surface area (Å²) >= 11 is 0. The normalized spacial score (nSPS) is 13.5. The van der Waals surface area contributed by atoms with Crippen molar-refractivity contribution in [2.75, 3.05) is 0 Å². The minimum Gasteiger partial charge on any atom is -0.506 e. The third-order valence-electron chi connectivity index (χ3n) is 10.5. The molecule has 0 heterocycles. The van der Waals surface area contributed by atoms with Crippen LogP contribution < -0.4 is 0 Å². The minimum atomic E-state index is -5.25. The predicted molar refractivity (Wildman–Crippen MR) is 251 cm³/mol. The topological polar surface area (TPSA) is 441 Å². The van der Waals surface area contributed by atoms with Crippen molar-refractivity contribution in [1.29, 1.82) is 0 Å². The molecule has 0 amide bonds. The standard InChI is InChI=1S/C40H26N6O20S6/c47-39-27-7-12-36(71(61,62)63)40(48)38(27)35(18-37(39)72(64,65)66)46-44-33-11-8-30(25-5-2-22(16-29(25)33)69(55,56)57)41-43-32-10-9-31(26-6-3-21(15-28(26)32)68(52,53)54)42-45-34-17-23(70(58,59)60)14-19-13-20(67(49,50)51)1-4-24(19)34/h1-18,47-48H,(H,49,50,51)(H,52,53,54)(H,55,56,57)(H,58,59,60)(H,61,62,63)(H,64,65,66). The van der Waals surface area contributed by atoms with Crippen molar-refractivity contribution in [2.45, 2.75) is 29.4 Å². The third-order valence-corrected chi connectivity index (χ3v) is 15.6. The minimum absolute atomic E-state index is 0.00436. The van der Waals surface area contributed by atoms with E-state index in [2.05, 4.69) is 30.7 Å². The van der Waals surface area contributed by atoms with Crippen molar-refractivity contribution in [3.8, 4) is 11.5 Å². The first-order valence-corrected chi connectivity index (χ1v) is 27.8. The fourth-order valence-electron chi connectivity index (χ4n) is 7.19. The molecule has 0 fully saturated rings. The van der Waals surface area contributed by atoms with Gasteiger partial charge in [-0.1, -0.05) is 18.2 Å². The van der Waals surface area contributed by atoms with Crippen LogP contribution in [-0.4, -0.2) is 88.0 Å². The molecule has 0 bridgehead atoms. The van der Waals surface area contributed by atoms with Gasteiger partial charge < -0.3 is 10.2 Å². The summed E-state index contributed by atoms with van der Waals surface area (Å²) in [6.07, 6.45) is 0. The molecule has 0 saturated carbocycles. The lowest BCUT2D eigenvalue weighted by Gasteiger charge is -2.12. The van der Waals surface area contributed by atoms with Crippen LogP contribution in [0.3, 0.4) is 0 Å².